The van der Waals surface area contributed by atoms with Gasteiger partial charge in [-0.2, -0.15) is 0 Å². The van der Waals surface area contributed by atoms with Crippen molar-refractivity contribution in [2.75, 3.05) is 37.7 Å². The maximum Gasteiger partial charge on any atom is 1.00 e. The van der Waals surface area contributed by atoms with Gasteiger partial charge in [0.2, 0.25) is 0 Å². The molecule has 1 aromatic heterocycles. The van der Waals surface area contributed by atoms with E-state index in [4.69, 9.17) is 4.74 Å². The average molecular weight is 425 g/mol. The Kier molecular flexibility index (Phi) is 8.05. The number of hydrogen-bond acceptors (Lipinski definition) is 6. The van der Waals surface area contributed by atoms with Gasteiger partial charge >= 0.3 is 35.7 Å². The molecular weight excluding hydrogens is 404 g/mol. The predicted molar refractivity (Wildman–Crippen MR) is 104 cm³/mol. The molecule has 0 spiro atoms. The van der Waals surface area contributed by atoms with Gasteiger partial charge < -0.3 is 29.0 Å². The largest absolute Gasteiger partial charge is 1.00 e. The number of hydrogen-bond donors (Lipinski definition) is 0. The van der Waals surface area contributed by atoms with Crippen molar-refractivity contribution in [3.05, 3.63) is 52.6 Å². The number of carbonyl (C=O) groups excluding carboxylic acids is 2. The van der Waals surface area contributed by atoms with Crippen LogP contribution in [0.1, 0.15) is 17.3 Å². The van der Waals surface area contributed by atoms with Gasteiger partial charge in [-0.3, -0.25) is 4.79 Å². The first-order valence-electron chi connectivity index (χ1n) is 9.23. The number of anilines is 1. The molecule has 0 bridgehead atoms. The van der Waals surface area contributed by atoms with Crippen LogP contribution < -0.4 is 45.0 Å². The Labute approximate surface area is 194 Å². The van der Waals surface area contributed by atoms with Gasteiger partial charge in [-0.15, -0.1) is 0 Å². The van der Waals surface area contributed by atoms with Crippen LogP contribution in [0.25, 0.3) is 10.9 Å². The van der Waals surface area contributed by atoms with E-state index in [1.165, 1.54) is 17.2 Å². The van der Waals surface area contributed by atoms with E-state index in [2.05, 4.69) is 6.58 Å². The topological polar surface area (TPSA) is 94.9 Å². The molecule has 1 saturated heterocycles. The SMILES string of the molecule is C=CCOC(=O)N1CCN(c2cc3c(cc2F)c(=O)c(C(=O)[O-])cn3CC)CC1.[Na+]. The second-order valence-corrected chi connectivity index (χ2v) is 6.61. The summed E-state index contributed by atoms with van der Waals surface area (Å²) in [7, 11) is 0. The van der Waals surface area contributed by atoms with Crippen molar-refractivity contribution in [3.63, 3.8) is 0 Å². The number of carbonyl (C=O) groups is 2. The zero-order chi connectivity index (χ0) is 21.1. The minimum Gasteiger partial charge on any atom is -0.545 e. The van der Waals surface area contributed by atoms with Crippen molar-refractivity contribution in [3.8, 4) is 0 Å². The summed E-state index contributed by atoms with van der Waals surface area (Å²) in [5.74, 6) is -2.22. The van der Waals surface area contributed by atoms with Gasteiger partial charge in [0.15, 0.2) is 5.43 Å². The molecule has 1 aliphatic heterocycles. The summed E-state index contributed by atoms with van der Waals surface area (Å²) in [5, 5.41) is 11.2. The summed E-state index contributed by atoms with van der Waals surface area (Å²) in [4.78, 5) is 38.9. The standard InChI is InChI=1S/C20H22FN3O5.Na/c1-3-9-29-20(28)24-7-5-23(6-8-24)17-11-16-13(10-15(17)21)18(25)14(19(26)27)12-22(16)4-2;/h3,10-12H,1,4-9H2,2H3,(H,26,27);/q;+1/p-1. The van der Waals surface area contributed by atoms with Gasteiger partial charge in [-0.1, -0.05) is 12.7 Å². The van der Waals surface area contributed by atoms with E-state index in [1.54, 1.807) is 22.5 Å². The Morgan fingerprint density at radius 3 is 2.50 bits per heavy atom. The zero-order valence-electron chi connectivity index (χ0n) is 17.0. The minimum atomic E-state index is -1.59. The van der Waals surface area contributed by atoms with Gasteiger partial charge in [0, 0.05) is 44.3 Å². The molecule has 1 aromatic carbocycles. The van der Waals surface area contributed by atoms with Crippen LogP contribution in [0.4, 0.5) is 14.9 Å². The molecule has 1 aliphatic rings. The molecule has 2 aromatic rings. The van der Waals surface area contributed by atoms with Gasteiger partial charge in [0.25, 0.3) is 0 Å². The third-order valence-electron chi connectivity index (χ3n) is 4.91. The molecule has 30 heavy (non-hydrogen) atoms. The van der Waals surface area contributed by atoms with Gasteiger partial charge in [0.05, 0.1) is 22.7 Å². The normalized spacial score (nSPS) is 13.7. The Hall–Kier alpha value is -2.36. The van der Waals surface area contributed by atoms with Crippen LogP contribution in [0.5, 0.6) is 0 Å². The van der Waals surface area contributed by atoms with Crippen LogP contribution >= 0.6 is 0 Å². The fraction of sp³-hybridized carbons (Fsp3) is 0.350. The number of amides is 1. The van der Waals surface area contributed by atoms with Crippen molar-refractivity contribution in [2.24, 2.45) is 0 Å². The molecule has 10 heteroatoms. The first-order valence-corrected chi connectivity index (χ1v) is 9.23. The fourth-order valence-corrected chi connectivity index (χ4v) is 3.40. The Bertz CT molecular complexity index is 1030. The molecule has 3 rings (SSSR count). The predicted octanol–water partition coefficient (Wildman–Crippen LogP) is -2.03. The number of pyridine rings is 1. The molecule has 0 radical (unpaired) electrons. The first kappa shape index (κ1) is 23.9. The summed E-state index contributed by atoms with van der Waals surface area (Å²) in [6, 6.07) is 2.61. The number of nitrogens with zero attached hydrogens (tertiary/aromatic N) is 3. The van der Waals surface area contributed by atoms with E-state index < -0.39 is 28.9 Å². The van der Waals surface area contributed by atoms with Crippen molar-refractivity contribution in [2.45, 2.75) is 13.5 Å². The van der Waals surface area contributed by atoms with E-state index in [-0.39, 0.29) is 41.6 Å². The maximum atomic E-state index is 14.8. The number of ether oxygens (including phenoxy) is 1. The van der Waals surface area contributed by atoms with E-state index in [9.17, 15) is 23.9 Å². The number of benzene rings is 1. The molecular formula is C20H21FN3NaO5. The van der Waals surface area contributed by atoms with Crippen LogP contribution in [0.2, 0.25) is 0 Å². The third kappa shape index (κ3) is 4.69. The zero-order valence-corrected chi connectivity index (χ0v) is 19.0. The molecule has 0 saturated carbocycles. The first-order chi connectivity index (χ1) is 13.9. The number of halogens is 1. The van der Waals surface area contributed by atoms with Gasteiger partial charge in [0.1, 0.15) is 12.4 Å². The Morgan fingerprint density at radius 1 is 1.27 bits per heavy atom. The summed E-state index contributed by atoms with van der Waals surface area (Å²) < 4.78 is 21.4. The number of carboxylic acid groups (broad SMARTS) is 1. The fourth-order valence-electron chi connectivity index (χ4n) is 3.40. The number of carboxylic acids is 1. The Balaban J connectivity index is 0.00000320. The summed E-state index contributed by atoms with van der Waals surface area (Å²) >= 11 is 0. The quantitative estimate of drug-likeness (QED) is 0.405. The van der Waals surface area contributed by atoms with Crippen LogP contribution in [-0.4, -0.2) is 54.3 Å². The van der Waals surface area contributed by atoms with Crippen molar-refractivity contribution in [1.82, 2.24) is 9.47 Å². The molecule has 154 valence electrons. The second kappa shape index (κ2) is 10.1. The molecule has 1 fully saturated rings. The van der Waals surface area contributed by atoms with Gasteiger partial charge in [-0.25, -0.2) is 9.18 Å². The second-order valence-electron chi connectivity index (χ2n) is 6.61. The van der Waals surface area contributed by atoms with Crippen molar-refractivity contribution >= 4 is 28.7 Å². The molecule has 0 atom stereocenters. The average Bonchev–Trinajstić information content (AvgIpc) is 2.72. The third-order valence-corrected chi connectivity index (χ3v) is 4.91. The number of rotatable bonds is 5. The number of aromatic carboxylic acids is 1. The van der Waals surface area contributed by atoms with Gasteiger partial charge in [-0.05, 0) is 19.1 Å². The van der Waals surface area contributed by atoms with Crippen LogP contribution in [0, 0.1) is 5.82 Å². The number of fused-ring (bicyclic) bond motifs is 1. The van der Waals surface area contributed by atoms with Crippen LogP contribution in [0.3, 0.4) is 0 Å². The molecule has 0 unspecified atom stereocenters. The monoisotopic (exact) mass is 425 g/mol. The summed E-state index contributed by atoms with van der Waals surface area (Å²) in [5.41, 5.74) is -0.547. The van der Waals surface area contributed by atoms with E-state index in [0.717, 1.165) is 6.07 Å². The molecule has 8 nitrogen and oxygen atoms in total. The molecule has 2 heterocycles. The van der Waals surface area contributed by atoms with Crippen molar-refractivity contribution < 1.29 is 53.4 Å². The molecule has 0 aliphatic carbocycles. The molecule has 1 amide bonds. The van der Waals surface area contributed by atoms with Crippen LogP contribution in [0.15, 0.2) is 35.8 Å². The molecule has 0 N–H and O–H groups in total. The van der Waals surface area contributed by atoms with E-state index in [1.807, 2.05) is 0 Å². The van der Waals surface area contributed by atoms with Crippen LogP contribution in [-0.2, 0) is 11.3 Å². The van der Waals surface area contributed by atoms with E-state index >= 15 is 0 Å². The van der Waals surface area contributed by atoms with E-state index in [0.29, 0.717) is 43.9 Å². The maximum absolute atomic E-state index is 14.8. The minimum absolute atomic E-state index is 0. The summed E-state index contributed by atoms with van der Waals surface area (Å²) in [6.45, 7) is 7.30. The summed E-state index contributed by atoms with van der Waals surface area (Å²) in [6.07, 6.45) is 2.26. The Morgan fingerprint density at radius 2 is 1.93 bits per heavy atom. The van der Waals surface area contributed by atoms with Crippen molar-refractivity contribution in [1.29, 1.82) is 0 Å². The number of aryl methyl sites for hydroxylation is 1. The smallest absolute Gasteiger partial charge is 0.545 e. The number of aromatic nitrogens is 1. The number of piperazine rings is 1.